The third-order valence-corrected chi connectivity index (χ3v) is 4.83. The zero-order valence-corrected chi connectivity index (χ0v) is 15.4. The molecule has 2 aromatic rings. The molecule has 1 aliphatic heterocycles. The summed E-state index contributed by atoms with van der Waals surface area (Å²) in [6.07, 6.45) is 3.98. The highest BCUT2D eigenvalue weighted by atomic mass is 16.5. The fraction of sp³-hybridized carbons (Fsp3) is 0.500. The van der Waals surface area contributed by atoms with Crippen LogP contribution in [0.1, 0.15) is 28.8 Å². The number of likely N-dealkylation sites (N-methyl/N-ethyl adjacent to an activating group) is 1. The molecule has 0 N–H and O–H groups in total. The van der Waals surface area contributed by atoms with Crippen LogP contribution in [0, 0.1) is 6.92 Å². The van der Waals surface area contributed by atoms with Crippen molar-refractivity contribution in [1.29, 1.82) is 0 Å². The van der Waals surface area contributed by atoms with E-state index in [2.05, 4.69) is 9.88 Å². The lowest BCUT2D eigenvalue weighted by atomic mass is 10.0. The van der Waals surface area contributed by atoms with E-state index in [4.69, 9.17) is 4.74 Å². The van der Waals surface area contributed by atoms with E-state index < -0.39 is 0 Å². The van der Waals surface area contributed by atoms with Gasteiger partial charge in [0.25, 0.3) is 5.91 Å². The van der Waals surface area contributed by atoms with Crippen molar-refractivity contribution in [2.45, 2.75) is 25.9 Å². The molecular weight excluding hydrogens is 314 g/mol. The Morgan fingerprint density at radius 1 is 1.28 bits per heavy atom. The summed E-state index contributed by atoms with van der Waals surface area (Å²) in [4.78, 5) is 21.7. The van der Waals surface area contributed by atoms with Gasteiger partial charge in [-0.2, -0.15) is 0 Å². The van der Waals surface area contributed by atoms with E-state index in [-0.39, 0.29) is 12.0 Å². The number of aromatic nitrogens is 1. The van der Waals surface area contributed by atoms with Crippen LogP contribution in [0.25, 0.3) is 10.9 Å². The number of rotatable bonds is 6. The van der Waals surface area contributed by atoms with Gasteiger partial charge in [-0.1, -0.05) is 18.2 Å². The van der Waals surface area contributed by atoms with Gasteiger partial charge in [-0.15, -0.1) is 0 Å². The Labute approximate surface area is 149 Å². The maximum atomic E-state index is 13.2. The zero-order valence-electron chi connectivity index (χ0n) is 15.4. The summed E-state index contributed by atoms with van der Waals surface area (Å²) in [5.41, 5.74) is 2.61. The van der Waals surface area contributed by atoms with Gasteiger partial charge in [0.05, 0.1) is 17.2 Å². The number of fused-ring (bicyclic) bond motifs is 1. The van der Waals surface area contributed by atoms with Crippen LogP contribution in [0.5, 0.6) is 0 Å². The molecule has 1 atom stereocenters. The van der Waals surface area contributed by atoms with Crippen LogP contribution < -0.4 is 0 Å². The monoisotopic (exact) mass is 341 g/mol. The maximum absolute atomic E-state index is 13.2. The number of hydrogen-bond acceptors (Lipinski definition) is 4. The molecule has 3 rings (SSSR count). The molecule has 0 spiro atoms. The van der Waals surface area contributed by atoms with Gasteiger partial charge >= 0.3 is 0 Å². The van der Waals surface area contributed by atoms with Gasteiger partial charge in [-0.3, -0.25) is 9.78 Å². The summed E-state index contributed by atoms with van der Waals surface area (Å²) < 4.78 is 5.75. The van der Waals surface area contributed by atoms with E-state index in [1.54, 1.807) is 6.20 Å². The third kappa shape index (κ3) is 4.17. The first kappa shape index (κ1) is 17.8. The number of ether oxygens (including phenoxy) is 1. The van der Waals surface area contributed by atoms with Gasteiger partial charge in [-0.05, 0) is 45.5 Å². The Hall–Kier alpha value is -1.98. The molecule has 2 heterocycles. The molecule has 0 saturated carbocycles. The molecule has 5 nitrogen and oxygen atoms in total. The predicted octanol–water partition coefficient (Wildman–Crippen LogP) is 2.73. The first-order valence-corrected chi connectivity index (χ1v) is 8.96. The van der Waals surface area contributed by atoms with Crippen molar-refractivity contribution < 1.29 is 9.53 Å². The molecule has 0 aliphatic carbocycles. The van der Waals surface area contributed by atoms with E-state index in [0.717, 1.165) is 42.5 Å². The molecule has 1 amide bonds. The molecule has 1 aromatic carbocycles. The highest BCUT2D eigenvalue weighted by molar-refractivity contribution is 6.00. The van der Waals surface area contributed by atoms with Crippen LogP contribution >= 0.6 is 0 Å². The molecule has 1 unspecified atom stereocenters. The number of carbonyl (C=O) groups is 1. The molecule has 0 radical (unpaired) electrons. The molecular formula is C20H27N3O2. The van der Waals surface area contributed by atoms with Crippen molar-refractivity contribution in [1.82, 2.24) is 14.8 Å². The Morgan fingerprint density at radius 2 is 2.08 bits per heavy atom. The third-order valence-electron chi connectivity index (χ3n) is 4.83. The van der Waals surface area contributed by atoms with E-state index >= 15 is 0 Å². The second-order valence-corrected chi connectivity index (χ2v) is 7.00. The Balaban J connectivity index is 1.86. The van der Waals surface area contributed by atoms with Crippen molar-refractivity contribution in [3.05, 3.63) is 41.6 Å². The predicted molar refractivity (Wildman–Crippen MR) is 99.9 cm³/mol. The summed E-state index contributed by atoms with van der Waals surface area (Å²) in [6.45, 7) is 4.99. The summed E-state index contributed by atoms with van der Waals surface area (Å²) in [7, 11) is 4.05. The Kier molecular flexibility index (Phi) is 5.66. The molecule has 5 heteroatoms. The maximum Gasteiger partial charge on any atom is 0.255 e. The number of para-hydroxylation sites is 1. The minimum atomic E-state index is 0.0492. The van der Waals surface area contributed by atoms with Crippen LogP contribution in [0.2, 0.25) is 0 Å². The SMILES string of the molecule is Cc1c(C(=O)N(CCN(C)C)CC2CCCO2)cnc2ccccc12. The summed E-state index contributed by atoms with van der Waals surface area (Å²) in [6, 6.07) is 7.96. The lowest BCUT2D eigenvalue weighted by Gasteiger charge is -2.27. The lowest BCUT2D eigenvalue weighted by molar-refractivity contribution is 0.0511. The molecule has 25 heavy (non-hydrogen) atoms. The number of amides is 1. The number of aryl methyl sites for hydroxylation is 1. The standard InChI is InChI=1S/C20H27N3O2/c1-15-17-8-4-5-9-19(17)21-13-18(15)20(24)23(11-10-22(2)3)14-16-7-6-12-25-16/h4-5,8-9,13,16H,6-7,10-12,14H2,1-3H3. The van der Waals surface area contributed by atoms with Crippen molar-refractivity contribution >= 4 is 16.8 Å². The molecule has 0 bridgehead atoms. The number of carbonyl (C=O) groups excluding carboxylic acids is 1. The number of hydrogen-bond donors (Lipinski definition) is 0. The molecule has 1 aromatic heterocycles. The van der Waals surface area contributed by atoms with Crippen LogP contribution in [0.15, 0.2) is 30.5 Å². The Morgan fingerprint density at radius 3 is 2.80 bits per heavy atom. The highest BCUT2D eigenvalue weighted by Crippen LogP contribution is 2.22. The van der Waals surface area contributed by atoms with E-state index in [9.17, 15) is 4.79 Å². The highest BCUT2D eigenvalue weighted by Gasteiger charge is 2.25. The van der Waals surface area contributed by atoms with Crippen molar-refractivity contribution in [2.75, 3.05) is 40.3 Å². The van der Waals surface area contributed by atoms with E-state index in [1.807, 2.05) is 50.2 Å². The van der Waals surface area contributed by atoms with Gasteiger partial charge < -0.3 is 14.5 Å². The average molecular weight is 341 g/mol. The minimum Gasteiger partial charge on any atom is -0.376 e. The quantitative estimate of drug-likeness (QED) is 0.810. The van der Waals surface area contributed by atoms with Crippen molar-refractivity contribution in [3.63, 3.8) is 0 Å². The topological polar surface area (TPSA) is 45.7 Å². The first-order chi connectivity index (χ1) is 12.1. The smallest absolute Gasteiger partial charge is 0.255 e. The second kappa shape index (κ2) is 7.93. The minimum absolute atomic E-state index is 0.0492. The van der Waals surface area contributed by atoms with E-state index in [1.165, 1.54) is 0 Å². The largest absolute Gasteiger partial charge is 0.376 e. The van der Waals surface area contributed by atoms with E-state index in [0.29, 0.717) is 18.7 Å². The molecule has 134 valence electrons. The van der Waals surface area contributed by atoms with Crippen molar-refractivity contribution in [2.24, 2.45) is 0 Å². The zero-order chi connectivity index (χ0) is 17.8. The second-order valence-electron chi connectivity index (χ2n) is 7.00. The normalized spacial score (nSPS) is 17.4. The fourth-order valence-electron chi connectivity index (χ4n) is 3.30. The molecule has 1 fully saturated rings. The fourth-order valence-corrected chi connectivity index (χ4v) is 3.30. The lowest BCUT2D eigenvalue weighted by Crippen LogP contribution is -2.41. The summed E-state index contributed by atoms with van der Waals surface area (Å²) in [5, 5.41) is 1.04. The van der Waals surface area contributed by atoms with Gasteiger partial charge in [0.1, 0.15) is 0 Å². The van der Waals surface area contributed by atoms with Gasteiger partial charge in [0, 0.05) is 37.8 Å². The average Bonchev–Trinajstić information content (AvgIpc) is 3.11. The van der Waals surface area contributed by atoms with Gasteiger partial charge in [0.15, 0.2) is 0 Å². The Bertz CT molecular complexity index is 739. The van der Waals surface area contributed by atoms with Crippen LogP contribution in [0.3, 0.4) is 0 Å². The van der Waals surface area contributed by atoms with Crippen LogP contribution in [0.4, 0.5) is 0 Å². The molecule has 1 aliphatic rings. The van der Waals surface area contributed by atoms with Crippen molar-refractivity contribution in [3.8, 4) is 0 Å². The van der Waals surface area contributed by atoms with Gasteiger partial charge in [-0.25, -0.2) is 0 Å². The molecule has 1 saturated heterocycles. The first-order valence-electron chi connectivity index (χ1n) is 8.96. The summed E-state index contributed by atoms with van der Waals surface area (Å²) in [5.74, 6) is 0.0492. The number of pyridine rings is 1. The van der Waals surface area contributed by atoms with Crippen LogP contribution in [-0.4, -0.2) is 67.1 Å². The summed E-state index contributed by atoms with van der Waals surface area (Å²) >= 11 is 0. The van der Waals surface area contributed by atoms with Crippen LogP contribution in [-0.2, 0) is 4.74 Å². The van der Waals surface area contributed by atoms with Gasteiger partial charge in [0.2, 0.25) is 0 Å². The number of benzene rings is 1. The number of nitrogens with zero attached hydrogens (tertiary/aromatic N) is 3.